The lowest BCUT2D eigenvalue weighted by molar-refractivity contribution is -0.131. The van der Waals surface area contributed by atoms with E-state index in [1.165, 1.54) is 5.56 Å². The number of likely N-dealkylation sites (tertiary alicyclic amines) is 1. The van der Waals surface area contributed by atoms with Crippen molar-refractivity contribution in [2.45, 2.75) is 44.8 Å². The average molecular weight is 381 g/mol. The Labute approximate surface area is 166 Å². The third-order valence-electron chi connectivity index (χ3n) is 5.68. The molecule has 0 N–H and O–H groups in total. The van der Waals surface area contributed by atoms with Crippen molar-refractivity contribution < 1.29 is 19.0 Å². The maximum absolute atomic E-state index is 13.1. The second-order valence-corrected chi connectivity index (χ2v) is 7.61. The Morgan fingerprint density at radius 1 is 1.14 bits per heavy atom. The number of benzene rings is 2. The summed E-state index contributed by atoms with van der Waals surface area (Å²) in [6, 6.07) is 12.2. The van der Waals surface area contributed by atoms with Crippen molar-refractivity contribution in [3.63, 3.8) is 0 Å². The Hall–Kier alpha value is -2.69. The number of nitrogens with zero attached hydrogens (tertiary/aromatic N) is 1. The number of carbonyl (C=O) groups is 1. The number of hydrogen-bond donors (Lipinski definition) is 0. The average Bonchev–Trinajstić information content (AvgIpc) is 3.33. The van der Waals surface area contributed by atoms with Crippen molar-refractivity contribution in [1.29, 1.82) is 0 Å². The highest BCUT2D eigenvalue weighted by Crippen LogP contribution is 2.37. The zero-order valence-electron chi connectivity index (χ0n) is 16.7. The van der Waals surface area contributed by atoms with Crippen LogP contribution in [0, 0.1) is 0 Å². The zero-order valence-corrected chi connectivity index (χ0v) is 16.7. The third-order valence-corrected chi connectivity index (χ3v) is 5.68. The van der Waals surface area contributed by atoms with Gasteiger partial charge in [-0.2, -0.15) is 0 Å². The molecule has 2 aliphatic rings. The van der Waals surface area contributed by atoms with Crippen LogP contribution in [-0.4, -0.2) is 37.7 Å². The second kappa shape index (κ2) is 7.74. The van der Waals surface area contributed by atoms with Crippen molar-refractivity contribution in [2.75, 3.05) is 20.8 Å². The molecule has 1 fully saturated rings. The van der Waals surface area contributed by atoms with Gasteiger partial charge in [0.2, 0.25) is 5.91 Å². The monoisotopic (exact) mass is 381 g/mol. The van der Waals surface area contributed by atoms with Gasteiger partial charge in [-0.05, 0) is 54.7 Å². The molecule has 2 heterocycles. The molecule has 148 valence electrons. The lowest BCUT2D eigenvalue weighted by atomic mass is 10.0. The molecule has 0 spiro atoms. The van der Waals surface area contributed by atoms with Gasteiger partial charge in [0.1, 0.15) is 11.9 Å². The molecule has 2 aromatic carbocycles. The summed E-state index contributed by atoms with van der Waals surface area (Å²) in [4.78, 5) is 15.1. The molecule has 2 aliphatic heterocycles. The minimum absolute atomic E-state index is 0.0880. The predicted molar refractivity (Wildman–Crippen MR) is 107 cm³/mol. The number of rotatable bonds is 5. The number of carbonyl (C=O) groups excluding carboxylic acids is 1. The Kier molecular flexibility index (Phi) is 5.16. The molecule has 5 heteroatoms. The Bertz CT molecular complexity index is 879. The molecule has 0 aliphatic carbocycles. The molecular formula is C23H27NO4. The van der Waals surface area contributed by atoms with Gasteiger partial charge in [-0.15, -0.1) is 0 Å². The van der Waals surface area contributed by atoms with Crippen LogP contribution < -0.4 is 14.2 Å². The van der Waals surface area contributed by atoms with E-state index in [0.717, 1.165) is 42.7 Å². The molecule has 5 nitrogen and oxygen atoms in total. The van der Waals surface area contributed by atoms with Crippen LogP contribution in [0.15, 0.2) is 36.4 Å². The van der Waals surface area contributed by atoms with Crippen molar-refractivity contribution >= 4 is 5.91 Å². The summed E-state index contributed by atoms with van der Waals surface area (Å²) in [7, 11) is 3.27. The summed E-state index contributed by atoms with van der Waals surface area (Å²) in [5, 5.41) is 0. The van der Waals surface area contributed by atoms with Crippen molar-refractivity contribution in [3.8, 4) is 17.2 Å². The quantitative estimate of drug-likeness (QED) is 0.787. The molecule has 0 aromatic heterocycles. The van der Waals surface area contributed by atoms with Gasteiger partial charge in [0, 0.05) is 13.0 Å². The SMILES string of the molecule is COc1ccc([C@@H]2CCCN2C(=O)Cc2ccc3c(c2)C[C@@H](C)O3)cc1OC. The third kappa shape index (κ3) is 3.53. The van der Waals surface area contributed by atoms with Crippen LogP contribution in [-0.2, 0) is 17.6 Å². The first-order valence-corrected chi connectivity index (χ1v) is 9.89. The fourth-order valence-electron chi connectivity index (χ4n) is 4.33. The van der Waals surface area contributed by atoms with Crippen LogP contribution in [0.2, 0.25) is 0 Å². The highest BCUT2D eigenvalue weighted by Gasteiger charge is 2.30. The van der Waals surface area contributed by atoms with E-state index < -0.39 is 0 Å². The van der Waals surface area contributed by atoms with Crippen LogP contribution in [0.1, 0.15) is 42.5 Å². The second-order valence-electron chi connectivity index (χ2n) is 7.61. The Morgan fingerprint density at radius 2 is 1.96 bits per heavy atom. The molecule has 1 saturated heterocycles. The van der Waals surface area contributed by atoms with Crippen LogP contribution in [0.4, 0.5) is 0 Å². The fourth-order valence-corrected chi connectivity index (χ4v) is 4.33. The van der Waals surface area contributed by atoms with Crippen LogP contribution >= 0.6 is 0 Å². The summed E-state index contributed by atoms with van der Waals surface area (Å²) in [6.07, 6.45) is 3.53. The largest absolute Gasteiger partial charge is 0.493 e. The summed E-state index contributed by atoms with van der Waals surface area (Å²) in [5.41, 5.74) is 3.36. The molecule has 4 rings (SSSR count). The normalized spacial score (nSPS) is 20.6. The smallest absolute Gasteiger partial charge is 0.227 e. The fraction of sp³-hybridized carbons (Fsp3) is 0.435. The number of amides is 1. The molecular weight excluding hydrogens is 354 g/mol. The number of methoxy groups -OCH3 is 2. The van der Waals surface area contributed by atoms with Gasteiger partial charge >= 0.3 is 0 Å². The van der Waals surface area contributed by atoms with Gasteiger partial charge in [-0.3, -0.25) is 4.79 Å². The molecule has 2 aromatic rings. The molecule has 1 amide bonds. The lowest BCUT2D eigenvalue weighted by Crippen LogP contribution is -2.31. The van der Waals surface area contributed by atoms with Gasteiger partial charge in [-0.25, -0.2) is 0 Å². The Morgan fingerprint density at radius 3 is 2.75 bits per heavy atom. The van der Waals surface area contributed by atoms with E-state index in [1.54, 1.807) is 14.2 Å². The van der Waals surface area contributed by atoms with Crippen molar-refractivity contribution in [1.82, 2.24) is 4.90 Å². The van der Waals surface area contributed by atoms with E-state index in [2.05, 4.69) is 13.0 Å². The van der Waals surface area contributed by atoms with E-state index in [4.69, 9.17) is 14.2 Å². The zero-order chi connectivity index (χ0) is 19.7. The van der Waals surface area contributed by atoms with E-state index >= 15 is 0 Å². The summed E-state index contributed by atoms with van der Waals surface area (Å²) in [6.45, 7) is 2.87. The summed E-state index contributed by atoms with van der Waals surface area (Å²) in [5.74, 6) is 2.53. The number of fused-ring (bicyclic) bond motifs is 1. The molecule has 28 heavy (non-hydrogen) atoms. The van der Waals surface area contributed by atoms with Crippen LogP contribution in [0.25, 0.3) is 0 Å². The van der Waals surface area contributed by atoms with Crippen molar-refractivity contribution in [2.24, 2.45) is 0 Å². The molecule has 0 radical (unpaired) electrons. The van der Waals surface area contributed by atoms with Gasteiger partial charge < -0.3 is 19.1 Å². The van der Waals surface area contributed by atoms with Crippen LogP contribution in [0.5, 0.6) is 17.2 Å². The molecule has 0 unspecified atom stereocenters. The van der Waals surface area contributed by atoms with E-state index in [1.807, 2.05) is 35.2 Å². The molecule has 2 atom stereocenters. The topological polar surface area (TPSA) is 48.0 Å². The van der Waals surface area contributed by atoms with Gasteiger partial charge in [0.05, 0.1) is 26.7 Å². The first kappa shape index (κ1) is 18.7. The minimum atomic E-state index is 0.0880. The maximum atomic E-state index is 13.1. The highest BCUT2D eigenvalue weighted by atomic mass is 16.5. The first-order valence-electron chi connectivity index (χ1n) is 9.89. The van der Waals surface area contributed by atoms with E-state index in [-0.39, 0.29) is 18.1 Å². The van der Waals surface area contributed by atoms with Gasteiger partial charge in [-0.1, -0.05) is 18.2 Å². The minimum Gasteiger partial charge on any atom is -0.493 e. The van der Waals surface area contributed by atoms with Gasteiger partial charge in [0.25, 0.3) is 0 Å². The molecule has 0 bridgehead atoms. The number of ether oxygens (including phenoxy) is 3. The highest BCUT2D eigenvalue weighted by molar-refractivity contribution is 5.79. The van der Waals surface area contributed by atoms with Crippen molar-refractivity contribution in [3.05, 3.63) is 53.1 Å². The maximum Gasteiger partial charge on any atom is 0.227 e. The predicted octanol–water partition coefficient (Wildman–Crippen LogP) is 3.93. The first-order chi connectivity index (χ1) is 13.6. The molecule has 0 saturated carbocycles. The summed E-state index contributed by atoms with van der Waals surface area (Å²) < 4.78 is 16.5. The Balaban J connectivity index is 1.51. The number of hydrogen-bond acceptors (Lipinski definition) is 4. The lowest BCUT2D eigenvalue weighted by Gasteiger charge is -2.26. The summed E-state index contributed by atoms with van der Waals surface area (Å²) >= 11 is 0. The van der Waals surface area contributed by atoms with E-state index in [0.29, 0.717) is 17.9 Å². The van der Waals surface area contributed by atoms with Crippen LogP contribution in [0.3, 0.4) is 0 Å². The van der Waals surface area contributed by atoms with Gasteiger partial charge in [0.15, 0.2) is 11.5 Å². The standard InChI is InChI=1S/C23H27NO4/c1-15-11-18-12-16(6-8-20(18)28-15)13-23(25)24-10-4-5-19(24)17-7-9-21(26-2)22(14-17)27-3/h6-9,12,14-15,19H,4-5,10-11,13H2,1-3H3/t15-,19+/m1/s1. The van der Waals surface area contributed by atoms with E-state index in [9.17, 15) is 4.79 Å².